The molecule has 17 rings (SSSR count). The molecule has 0 aliphatic rings. The van der Waals surface area contributed by atoms with Crippen LogP contribution in [0.4, 0.5) is 0 Å². The maximum absolute atomic E-state index is 5.16. The summed E-state index contributed by atoms with van der Waals surface area (Å²) < 4.78 is 0. The molecule has 0 saturated carbocycles. The van der Waals surface area contributed by atoms with Crippen LogP contribution >= 0.6 is 0 Å². The van der Waals surface area contributed by atoms with Gasteiger partial charge in [-0.2, -0.15) is 0 Å². The van der Waals surface area contributed by atoms with Gasteiger partial charge in [0.25, 0.3) is 0 Å². The minimum Gasteiger partial charge on any atom is -0.264 e. The van der Waals surface area contributed by atoms with E-state index in [9.17, 15) is 0 Å². The first-order valence-corrected chi connectivity index (χ1v) is 32.2. The Morgan fingerprint density at radius 2 is 0.542 bits per heavy atom. The minimum absolute atomic E-state index is 0.692. The molecule has 4 heterocycles. The van der Waals surface area contributed by atoms with Gasteiger partial charge in [-0.05, 0) is 148 Å². The highest BCUT2D eigenvalue weighted by Gasteiger charge is 2.15. The summed E-state index contributed by atoms with van der Waals surface area (Å²) in [5, 5.41) is 7.56. The Labute approximate surface area is 559 Å². The first kappa shape index (κ1) is 59.4. The smallest absolute Gasteiger partial charge is 0.160 e. The molecule has 0 aliphatic carbocycles. The second-order valence-corrected chi connectivity index (χ2v) is 23.5. The number of rotatable bonds is 11. The van der Waals surface area contributed by atoms with Crippen LogP contribution in [0, 0.1) is 0 Å². The lowest BCUT2D eigenvalue weighted by atomic mass is 9.97. The van der Waals surface area contributed by atoms with Crippen LogP contribution in [-0.4, -0.2) is 29.9 Å². The van der Waals surface area contributed by atoms with Gasteiger partial charge >= 0.3 is 0 Å². The van der Waals surface area contributed by atoms with Gasteiger partial charge in [-0.15, -0.1) is 0 Å². The van der Waals surface area contributed by atoms with Gasteiger partial charge < -0.3 is 0 Å². The van der Waals surface area contributed by atoms with Crippen LogP contribution in [0.25, 0.3) is 155 Å². The molecule has 0 aliphatic heterocycles. The Bertz CT molecular complexity index is 5490. The summed E-state index contributed by atoms with van der Waals surface area (Å²) in [6.07, 6.45) is 8.98. The van der Waals surface area contributed by atoms with Crippen LogP contribution in [0.15, 0.2) is 377 Å². The van der Waals surface area contributed by atoms with Crippen LogP contribution in [0.2, 0.25) is 0 Å². The molecule has 0 bridgehead atoms. The van der Waals surface area contributed by atoms with Gasteiger partial charge in [-0.25, -0.2) is 19.9 Å². The van der Waals surface area contributed by atoms with E-state index < -0.39 is 0 Å². The summed E-state index contributed by atoms with van der Waals surface area (Å²) in [6, 6.07) is 121. The largest absolute Gasteiger partial charge is 0.264 e. The number of hydrogen-bond acceptors (Lipinski definition) is 6. The molecule has 4 aromatic heterocycles. The van der Waals surface area contributed by atoms with Gasteiger partial charge in [0.2, 0.25) is 0 Å². The molecule has 0 amide bonds. The molecule has 0 spiro atoms. The molecule has 17 aromatic rings. The number of fused-ring (bicyclic) bond motifs is 3. The number of hydrogen-bond donors (Lipinski definition) is 0. The Morgan fingerprint density at radius 3 is 1.09 bits per heavy atom. The molecular weight excluding hydrogens is 1170 g/mol. The van der Waals surface area contributed by atoms with E-state index in [-0.39, 0.29) is 0 Å². The normalized spacial score (nSPS) is 10.9. The monoisotopic (exact) mass is 1230 g/mol. The predicted molar refractivity (Wildman–Crippen MR) is 398 cm³/mol. The van der Waals surface area contributed by atoms with Crippen molar-refractivity contribution in [3.63, 3.8) is 0 Å². The zero-order chi connectivity index (χ0) is 64.2. The average Bonchev–Trinajstić information content (AvgIpc) is 0.969. The third-order valence-electron chi connectivity index (χ3n) is 17.4. The van der Waals surface area contributed by atoms with Crippen LogP contribution in [0.3, 0.4) is 0 Å². The number of nitrogens with zero attached hydrogens (tertiary/aromatic N) is 6. The molecule has 0 atom stereocenters. The molecule has 13 aromatic carbocycles. The fraction of sp³-hybridized carbons (Fsp3) is 0. The van der Waals surface area contributed by atoms with Gasteiger partial charge in [0.05, 0.1) is 22.8 Å². The standard InChI is InChI=1S/C43H29N3.C31H21N3.C16H12/c1-2-9-30(10-3-1)35-13-7-16-39(27-35)43-45-41(33-21-18-32(19-22-33)40-17-8-24-44-29-40)28-42(46-43)38-15-6-14-36(26-38)37-23-20-31-11-4-5-12-34(31)25-37;1-2-8-28-23(5-1)6-3-9-29(28)24-12-16-26(17-13-24)31-19-30(33-21-34-31)25-14-10-22(11-15-25)27-7-4-18-32-20-27;1-2-6-13(7-3-1)16-11-10-14-8-4-5-9-15(14)12-16/h1-29H;1-21H;1-12H. The van der Waals surface area contributed by atoms with Gasteiger partial charge in [0.1, 0.15) is 6.33 Å². The van der Waals surface area contributed by atoms with Crippen molar-refractivity contribution in [2.24, 2.45) is 0 Å². The zero-order valence-electron chi connectivity index (χ0n) is 52.5. The highest BCUT2D eigenvalue weighted by molar-refractivity contribution is 5.97. The molecule has 0 fully saturated rings. The molecule has 0 saturated heterocycles. The fourth-order valence-corrected chi connectivity index (χ4v) is 12.3. The maximum atomic E-state index is 5.16. The number of aromatic nitrogens is 6. The lowest BCUT2D eigenvalue weighted by Crippen LogP contribution is -1.96. The van der Waals surface area contributed by atoms with Crippen molar-refractivity contribution in [1.29, 1.82) is 0 Å². The van der Waals surface area contributed by atoms with E-state index in [1.807, 2.05) is 42.7 Å². The lowest BCUT2D eigenvalue weighted by Gasteiger charge is -2.12. The van der Waals surface area contributed by atoms with Crippen molar-refractivity contribution in [2.45, 2.75) is 0 Å². The molecule has 0 radical (unpaired) electrons. The molecule has 6 heteroatoms. The first-order valence-electron chi connectivity index (χ1n) is 32.2. The second kappa shape index (κ2) is 27.9. The topological polar surface area (TPSA) is 77.3 Å². The second-order valence-electron chi connectivity index (χ2n) is 23.5. The molecular formula is C90H62N6. The van der Waals surface area contributed by atoms with Crippen molar-refractivity contribution in [3.8, 4) is 123 Å². The van der Waals surface area contributed by atoms with Gasteiger partial charge in [0, 0.05) is 52.6 Å². The third-order valence-corrected chi connectivity index (χ3v) is 17.4. The number of pyridine rings is 2. The Hall–Kier alpha value is -12.9. The predicted octanol–water partition coefficient (Wildman–Crippen LogP) is 23.2. The Balaban J connectivity index is 0.000000132. The molecule has 0 unspecified atom stereocenters. The van der Waals surface area contributed by atoms with E-state index in [4.69, 9.17) is 9.97 Å². The van der Waals surface area contributed by atoms with Crippen molar-refractivity contribution in [1.82, 2.24) is 29.9 Å². The van der Waals surface area contributed by atoms with Crippen LogP contribution < -0.4 is 0 Å². The molecule has 96 heavy (non-hydrogen) atoms. The zero-order valence-corrected chi connectivity index (χ0v) is 52.5. The summed E-state index contributed by atoms with van der Waals surface area (Å²) in [5.41, 5.74) is 22.8. The lowest BCUT2D eigenvalue weighted by molar-refractivity contribution is 1.18. The van der Waals surface area contributed by atoms with Crippen LogP contribution in [0.5, 0.6) is 0 Å². The van der Waals surface area contributed by atoms with Gasteiger partial charge in [-0.1, -0.05) is 297 Å². The molecule has 6 nitrogen and oxygen atoms in total. The van der Waals surface area contributed by atoms with E-state index in [1.54, 1.807) is 18.7 Å². The van der Waals surface area contributed by atoms with E-state index in [0.717, 1.165) is 89.5 Å². The quantitative estimate of drug-likeness (QED) is 0.128. The van der Waals surface area contributed by atoms with E-state index in [2.05, 4.69) is 335 Å². The molecule has 452 valence electrons. The summed E-state index contributed by atoms with van der Waals surface area (Å²) >= 11 is 0. The maximum Gasteiger partial charge on any atom is 0.160 e. The highest BCUT2D eigenvalue weighted by Crippen LogP contribution is 2.36. The Morgan fingerprint density at radius 1 is 0.188 bits per heavy atom. The van der Waals surface area contributed by atoms with Crippen molar-refractivity contribution < 1.29 is 0 Å². The summed E-state index contributed by atoms with van der Waals surface area (Å²) in [5.74, 6) is 0.692. The van der Waals surface area contributed by atoms with Crippen molar-refractivity contribution >= 4 is 32.3 Å². The van der Waals surface area contributed by atoms with Crippen molar-refractivity contribution in [2.75, 3.05) is 0 Å². The van der Waals surface area contributed by atoms with Gasteiger partial charge in [0.15, 0.2) is 5.82 Å². The number of benzene rings is 13. The minimum atomic E-state index is 0.692. The first-order chi connectivity index (χ1) is 47.5. The highest BCUT2D eigenvalue weighted by atomic mass is 14.9. The Kier molecular flexibility index (Phi) is 17.3. The van der Waals surface area contributed by atoms with E-state index in [0.29, 0.717) is 5.82 Å². The summed E-state index contributed by atoms with van der Waals surface area (Å²) in [4.78, 5) is 27.8. The average molecular weight is 1230 g/mol. The fourth-order valence-electron chi connectivity index (χ4n) is 12.3. The van der Waals surface area contributed by atoms with Crippen LogP contribution in [0.1, 0.15) is 0 Å². The van der Waals surface area contributed by atoms with E-state index in [1.165, 1.54) is 60.1 Å². The summed E-state index contributed by atoms with van der Waals surface area (Å²) in [7, 11) is 0. The SMILES string of the molecule is c1ccc(-c2ccc3ccccc3c2)cc1.c1ccc(-c2cccc(-c3nc(-c4ccc(-c5cccnc5)cc4)cc(-c4cccc(-c5ccc6ccccc6c5)c4)n3)c2)cc1.c1cncc(-c2ccc(-c3cc(-c4ccc(-c5cccc6ccccc56)cc4)ncn3)cc2)c1. The third kappa shape index (κ3) is 13.5. The molecule has 0 N–H and O–H groups in total. The van der Waals surface area contributed by atoms with Crippen LogP contribution in [-0.2, 0) is 0 Å². The van der Waals surface area contributed by atoms with Gasteiger partial charge in [-0.3, -0.25) is 9.97 Å². The summed E-state index contributed by atoms with van der Waals surface area (Å²) in [6.45, 7) is 0. The van der Waals surface area contributed by atoms with E-state index >= 15 is 0 Å². The van der Waals surface area contributed by atoms with Crippen molar-refractivity contribution in [3.05, 3.63) is 377 Å².